The summed E-state index contributed by atoms with van der Waals surface area (Å²) in [6, 6.07) is 0. The van der Waals surface area contributed by atoms with Crippen LogP contribution in [0.15, 0.2) is 0 Å². The molecule has 3 nitrogen and oxygen atoms in total. The van der Waals surface area contributed by atoms with Crippen molar-refractivity contribution < 1.29 is 14.3 Å². The van der Waals surface area contributed by atoms with Gasteiger partial charge >= 0.3 is 11.9 Å². The summed E-state index contributed by atoms with van der Waals surface area (Å²) in [5, 5.41) is 0. The molecule has 0 aliphatic carbocycles. The molecule has 0 amide bonds. The van der Waals surface area contributed by atoms with Gasteiger partial charge in [0.2, 0.25) is 0 Å². The van der Waals surface area contributed by atoms with Crippen LogP contribution < -0.4 is 0 Å². The predicted molar refractivity (Wildman–Crippen MR) is 20.3 cm³/mol. The van der Waals surface area contributed by atoms with Crippen LogP contribution >= 0.6 is 0 Å². The summed E-state index contributed by atoms with van der Waals surface area (Å²) in [7, 11) is 0. The smallest absolute Gasteiger partial charge is 0.314 e. The van der Waals surface area contributed by atoms with Crippen LogP contribution in [-0.2, 0) is 14.3 Å². The van der Waals surface area contributed by atoms with E-state index in [2.05, 4.69) is 4.74 Å². The van der Waals surface area contributed by atoms with E-state index in [0.29, 0.717) is 0 Å². The summed E-state index contributed by atoms with van der Waals surface area (Å²) < 4.78 is 4.08. The Morgan fingerprint density at radius 3 is 1.71 bits per heavy atom. The van der Waals surface area contributed by atoms with E-state index < -0.39 is 11.9 Å². The van der Waals surface area contributed by atoms with Gasteiger partial charge in [0.05, 0.1) is 12.8 Å². The molecule has 1 aliphatic rings. The van der Waals surface area contributed by atoms with E-state index in [4.69, 9.17) is 0 Å². The number of ether oxygens (including phenoxy) is 1. The van der Waals surface area contributed by atoms with Crippen LogP contribution in [0.2, 0.25) is 0 Å². The Kier molecular flexibility index (Phi) is 0.817. The van der Waals surface area contributed by atoms with Gasteiger partial charge in [-0.25, -0.2) is 0 Å². The molecule has 0 unspecified atom stereocenters. The van der Waals surface area contributed by atoms with Crippen molar-refractivity contribution in [2.75, 3.05) is 0 Å². The molecule has 0 aromatic heterocycles. The molecule has 0 N–H and O–H groups in total. The zero-order valence-corrected chi connectivity index (χ0v) is 3.64. The lowest BCUT2D eigenvalue weighted by Crippen LogP contribution is -1.94. The normalized spacial score (nSPS) is 20.0. The number of esters is 2. The second-order valence-electron chi connectivity index (χ2n) is 1.35. The number of cyclic esters (lactones) is 2. The molecule has 3 heteroatoms. The molecule has 0 aromatic rings. The van der Waals surface area contributed by atoms with Gasteiger partial charge in [0, 0.05) is 0 Å². The SMILES string of the molecule is O=C1C[13CH2][13C](=O)O1. The first-order valence-electron chi connectivity index (χ1n) is 2.02. The lowest BCUT2D eigenvalue weighted by molar-refractivity contribution is -0.151. The van der Waals surface area contributed by atoms with Gasteiger partial charge in [-0.2, -0.15) is 0 Å². The summed E-state index contributed by atoms with van der Waals surface area (Å²) in [6.07, 6.45) is 0.525. The van der Waals surface area contributed by atoms with E-state index in [1.807, 2.05) is 0 Å². The van der Waals surface area contributed by atoms with Crippen molar-refractivity contribution in [1.29, 1.82) is 0 Å². The highest BCUT2D eigenvalue weighted by Gasteiger charge is 2.19. The van der Waals surface area contributed by atoms with Crippen molar-refractivity contribution in [3.8, 4) is 0 Å². The molecule has 1 rings (SSSR count). The minimum absolute atomic E-state index is 0.263. The number of carbonyl (C=O) groups excluding carboxylic acids is 2. The van der Waals surface area contributed by atoms with E-state index >= 15 is 0 Å². The third kappa shape index (κ3) is 0.765. The molecule has 0 radical (unpaired) electrons. The van der Waals surface area contributed by atoms with Gasteiger partial charge in [-0.15, -0.1) is 0 Å². The second-order valence-corrected chi connectivity index (χ2v) is 1.35. The zero-order chi connectivity index (χ0) is 5.28. The van der Waals surface area contributed by atoms with Gasteiger partial charge in [0.25, 0.3) is 0 Å². The number of hydrogen-bond acceptors (Lipinski definition) is 3. The molecule has 0 bridgehead atoms. The summed E-state index contributed by atoms with van der Waals surface area (Å²) in [6.45, 7) is 0. The van der Waals surface area contributed by atoms with Crippen LogP contribution in [0.1, 0.15) is 12.8 Å². The molecule has 0 aromatic carbocycles. The fourth-order valence-electron chi connectivity index (χ4n) is 0.433. The molecule has 0 spiro atoms. The molecule has 0 saturated carbocycles. The number of hydrogen-bond donors (Lipinski definition) is 0. The van der Waals surface area contributed by atoms with Crippen molar-refractivity contribution in [3.05, 3.63) is 0 Å². The van der Waals surface area contributed by atoms with Crippen molar-refractivity contribution in [2.24, 2.45) is 0 Å². The molecule has 1 heterocycles. The predicted octanol–water partition coefficient (Wildman–Crippen LogP) is -0.150. The van der Waals surface area contributed by atoms with Crippen LogP contribution in [0.3, 0.4) is 0 Å². The van der Waals surface area contributed by atoms with Crippen molar-refractivity contribution >= 4 is 11.9 Å². The van der Waals surface area contributed by atoms with E-state index in [-0.39, 0.29) is 12.8 Å². The van der Waals surface area contributed by atoms with Crippen LogP contribution in [0.25, 0.3) is 0 Å². The molecule has 1 fully saturated rings. The average molecular weight is 102 g/mol. The summed E-state index contributed by atoms with van der Waals surface area (Å²) in [5.41, 5.74) is 0. The fourth-order valence-corrected chi connectivity index (χ4v) is 0.433. The van der Waals surface area contributed by atoms with Crippen LogP contribution in [0, 0.1) is 0 Å². The maximum atomic E-state index is 10.0. The third-order valence-corrected chi connectivity index (χ3v) is 0.761. The minimum Gasteiger partial charge on any atom is -0.393 e. The monoisotopic (exact) mass is 102 g/mol. The molecule has 0 atom stereocenters. The Morgan fingerprint density at radius 1 is 1.14 bits per heavy atom. The van der Waals surface area contributed by atoms with Crippen LogP contribution in [0.4, 0.5) is 0 Å². The zero-order valence-electron chi connectivity index (χ0n) is 3.64. The molecular formula is C4H4O3. The van der Waals surface area contributed by atoms with Crippen molar-refractivity contribution in [2.45, 2.75) is 12.8 Å². The Hall–Kier alpha value is -0.860. The molecule has 7 heavy (non-hydrogen) atoms. The first kappa shape index (κ1) is 4.30. The van der Waals surface area contributed by atoms with E-state index in [9.17, 15) is 9.59 Å². The average Bonchev–Trinajstić information content (AvgIpc) is 1.87. The van der Waals surface area contributed by atoms with Crippen LogP contribution in [0.5, 0.6) is 0 Å². The van der Waals surface area contributed by atoms with Gasteiger partial charge in [0.15, 0.2) is 0 Å². The van der Waals surface area contributed by atoms with Crippen molar-refractivity contribution in [3.63, 3.8) is 0 Å². The molecule has 38 valence electrons. The second kappa shape index (κ2) is 1.33. The summed E-state index contributed by atoms with van der Waals surface area (Å²) in [4.78, 5) is 20.0. The Morgan fingerprint density at radius 2 is 1.57 bits per heavy atom. The quantitative estimate of drug-likeness (QED) is 0.242. The third-order valence-electron chi connectivity index (χ3n) is 0.761. The lowest BCUT2D eigenvalue weighted by Gasteiger charge is -1.79. The Labute approximate surface area is 40.3 Å². The lowest BCUT2D eigenvalue weighted by atomic mass is 10.6. The van der Waals surface area contributed by atoms with Crippen molar-refractivity contribution in [1.82, 2.24) is 0 Å². The Bertz CT molecular complexity index is 102. The highest BCUT2D eigenvalue weighted by atomic mass is 16.7. The fraction of sp³-hybridized carbons (Fsp3) is 0.500. The number of rotatable bonds is 0. The van der Waals surface area contributed by atoms with Gasteiger partial charge in [-0.3, -0.25) is 9.59 Å². The molecular weight excluding hydrogens is 98.0 g/mol. The standard InChI is InChI=1S/C4H4O3/c5-3-1-2-4(6)7-3/h1-2H2/i1+1,3+1. The first-order valence-corrected chi connectivity index (χ1v) is 2.02. The first-order chi connectivity index (χ1) is 3.29. The summed E-state index contributed by atoms with van der Waals surface area (Å²) in [5.74, 6) is -0.796. The van der Waals surface area contributed by atoms with Gasteiger partial charge in [0.1, 0.15) is 0 Å². The minimum atomic E-state index is -0.398. The molecule has 1 saturated heterocycles. The maximum absolute atomic E-state index is 10.0. The number of carbonyl (C=O) groups is 2. The van der Waals surface area contributed by atoms with E-state index in [1.165, 1.54) is 0 Å². The highest BCUT2D eigenvalue weighted by Crippen LogP contribution is 2.03. The Balaban J connectivity index is 2.55. The topological polar surface area (TPSA) is 43.4 Å². The maximum Gasteiger partial charge on any atom is 0.314 e. The van der Waals surface area contributed by atoms with Crippen LogP contribution in [-0.4, -0.2) is 11.9 Å². The van der Waals surface area contributed by atoms with E-state index in [0.717, 1.165) is 0 Å². The van der Waals surface area contributed by atoms with Gasteiger partial charge < -0.3 is 4.74 Å². The highest BCUT2D eigenvalue weighted by molar-refractivity contribution is 5.92. The van der Waals surface area contributed by atoms with Gasteiger partial charge in [-0.1, -0.05) is 0 Å². The molecule has 1 aliphatic heterocycles. The van der Waals surface area contributed by atoms with Gasteiger partial charge in [-0.05, 0) is 0 Å². The summed E-state index contributed by atoms with van der Waals surface area (Å²) >= 11 is 0. The largest absolute Gasteiger partial charge is 0.393 e. The van der Waals surface area contributed by atoms with E-state index in [1.54, 1.807) is 0 Å².